The average molecular weight is 353 g/mol. The molecule has 0 atom stereocenters. The summed E-state index contributed by atoms with van der Waals surface area (Å²) in [5, 5.41) is 19.0. The maximum absolute atomic E-state index is 9.10. The van der Waals surface area contributed by atoms with E-state index in [0.717, 1.165) is 44.3 Å². The minimum absolute atomic E-state index is 0.902. The number of hydrogen-bond donors (Lipinski definition) is 3. The molecular weight excluding hydrogens is 330 g/mol. The lowest BCUT2D eigenvalue weighted by atomic mass is 10.1. The van der Waals surface area contributed by atoms with Crippen molar-refractivity contribution in [2.75, 3.05) is 39.8 Å². The molecule has 1 heterocycles. The quantitative estimate of drug-likeness (QED) is 0.535. The van der Waals surface area contributed by atoms with E-state index >= 15 is 0 Å². The summed E-state index contributed by atoms with van der Waals surface area (Å²) in [5.41, 5.74) is 1.35. The van der Waals surface area contributed by atoms with Gasteiger partial charge in [0, 0.05) is 32.7 Å². The van der Waals surface area contributed by atoms with Gasteiger partial charge >= 0.3 is 11.9 Å². The SMILES string of the molecule is CN1CCN(C(=S)NCCc2ccccc2)CC1.O=C(O)C(=O)O. The number of aliphatic carboxylic acids is 2. The van der Waals surface area contributed by atoms with Crippen LogP contribution in [0.2, 0.25) is 0 Å². The topological polar surface area (TPSA) is 93.1 Å². The number of rotatable bonds is 3. The van der Waals surface area contributed by atoms with Gasteiger partial charge in [0.05, 0.1) is 0 Å². The summed E-state index contributed by atoms with van der Waals surface area (Å²) in [4.78, 5) is 22.8. The van der Waals surface area contributed by atoms with E-state index in [1.54, 1.807) is 0 Å². The molecule has 1 aromatic carbocycles. The number of benzene rings is 1. The van der Waals surface area contributed by atoms with E-state index in [0.29, 0.717) is 0 Å². The Morgan fingerprint density at radius 2 is 1.62 bits per heavy atom. The summed E-state index contributed by atoms with van der Waals surface area (Å²) in [5.74, 6) is -3.65. The summed E-state index contributed by atoms with van der Waals surface area (Å²) in [6, 6.07) is 10.5. The van der Waals surface area contributed by atoms with E-state index in [9.17, 15) is 0 Å². The summed E-state index contributed by atoms with van der Waals surface area (Å²) in [7, 11) is 2.16. The zero-order valence-corrected chi connectivity index (χ0v) is 14.5. The second-order valence-electron chi connectivity index (χ2n) is 5.37. The highest BCUT2D eigenvalue weighted by Crippen LogP contribution is 2.01. The van der Waals surface area contributed by atoms with Crippen molar-refractivity contribution < 1.29 is 19.8 Å². The predicted molar refractivity (Wildman–Crippen MR) is 95.1 cm³/mol. The molecule has 0 amide bonds. The molecule has 1 aliphatic rings. The molecule has 3 N–H and O–H groups in total. The molecule has 2 rings (SSSR count). The molecule has 1 aromatic rings. The third-order valence-corrected chi connectivity index (χ3v) is 3.91. The number of carboxylic acids is 2. The Balaban J connectivity index is 0.000000413. The Labute approximate surface area is 146 Å². The van der Waals surface area contributed by atoms with Crippen LogP contribution in [0.1, 0.15) is 5.56 Å². The second kappa shape index (κ2) is 10.6. The second-order valence-corrected chi connectivity index (χ2v) is 5.75. The first-order valence-corrected chi connectivity index (χ1v) is 8.02. The standard InChI is InChI=1S/C14H21N3S.C2H2O4/c1-16-9-11-17(12-10-16)14(18)15-8-7-13-5-3-2-4-6-13;3-1(4)2(5)6/h2-6H,7-12H2,1H3,(H,15,18);(H,3,4)(H,5,6). The molecule has 1 aliphatic heterocycles. The Kier molecular flexibility index (Phi) is 8.74. The van der Waals surface area contributed by atoms with Gasteiger partial charge < -0.3 is 25.3 Å². The van der Waals surface area contributed by atoms with Gasteiger partial charge in [-0.3, -0.25) is 0 Å². The fourth-order valence-electron chi connectivity index (χ4n) is 2.08. The van der Waals surface area contributed by atoms with Gasteiger partial charge in [-0.25, -0.2) is 9.59 Å². The van der Waals surface area contributed by atoms with E-state index in [4.69, 9.17) is 32.0 Å². The van der Waals surface area contributed by atoms with Gasteiger partial charge in [-0.2, -0.15) is 0 Å². The Bertz CT molecular complexity index is 534. The lowest BCUT2D eigenvalue weighted by Gasteiger charge is -2.34. The summed E-state index contributed by atoms with van der Waals surface area (Å²) < 4.78 is 0. The van der Waals surface area contributed by atoms with Crippen molar-refractivity contribution in [2.45, 2.75) is 6.42 Å². The van der Waals surface area contributed by atoms with Crippen LogP contribution in [0.25, 0.3) is 0 Å². The first kappa shape index (κ1) is 19.9. The highest BCUT2D eigenvalue weighted by atomic mass is 32.1. The summed E-state index contributed by atoms with van der Waals surface area (Å²) >= 11 is 5.42. The van der Waals surface area contributed by atoms with Crippen LogP contribution in [0.3, 0.4) is 0 Å². The number of nitrogens with zero attached hydrogens (tertiary/aromatic N) is 2. The summed E-state index contributed by atoms with van der Waals surface area (Å²) in [6.07, 6.45) is 1.02. The van der Waals surface area contributed by atoms with Gasteiger partial charge in [0.1, 0.15) is 0 Å². The molecule has 1 fully saturated rings. The molecule has 0 aromatic heterocycles. The fraction of sp³-hybridized carbons (Fsp3) is 0.438. The molecule has 0 spiro atoms. The first-order valence-electron chi connectivity index (χ1n) is 7.61. The normalized spacial score (nSPS) is 14.3. The zero-order chi connectivity index (χ0) is 17.9. The van der Waals surface area contributed by atoms with E-state index in [1.165, 1.54) is 5.56 Å². The van der Waals surface area contributed by atoms with Crippen molar-refractivity contribution in [3.8, 4) is 0 Å². The van der Waals surface area contributed by atoms with Gasteiger partial charge in [0.15, 0.2) is 5.11 Å². The van der Waals surface area contributed by atoms with Crippen molar-refractivity contribution in [1.82, 2.24) is 15.1 Å². The Morgan fingerprint density at radius 1 is 1.08 bits per heavy atom. The minimum atomic E-state index is -1.82. The van der Waals surface area contributed by atoms with Crippen LogP contribution in [-0.4, -0.2) is 76.8 Å². The molecule has 1 saturated heterocycles. The van der Waals surface area contributed by atoms with Crippen molar-refractivity contribution in [1.29, 1.82) is 0 Å². The van der Waals surface area contributed by atoms with Crippen LogP contribution in [0.5, 0.6) is 0 Å². The number of hydrogen-bond acceptors (Lipinski definition) is 4. The zero-order valence-electron chi connectivity index (χ0n) is 13.6. The molecular formula is C16H23N3O4S. The molecule has 0 unspecified atom stereocenters. The highest BCUT2D eigenvalue weighted by Gasteiger charge is 2.15. The molecule has 0 aliphatic carbocycles. The van der Waals surface area contributed by atoms with Crippen LogP contribution < -0.4 is 5.32 Å². The smallest absolute Gasteiger partial charge is 0.414 e. The minimum Gasteiger partial charge on any atom is -0.473 e. The van der Waals surface area contributed by atoms with E-state index in [2.05, 4.69) is 46.4 Å². The molecule has 0 saturated carbocycles. The first-order chi connectivity index (χ1) is 11.4. The monoisotopic (exact) mass is 353 g/mol. The van der Waals surface area contributed by atoms with Crippen molar-refractivity contribution in [3.05, 3.63) is 35.9 Å². The van der Waals surface area contributed by atoms with Gasteiger partial charge in [0.2, 0.25) is 0 Å². The number of piperazine rings is 1. The van der Waals surface area contributed by atoms with Gasteiger partial charge in [-0.15, -0.1) is 0 Å². The maximum atomic E-state index is 9.10. The molecule has 8 heteroatoms. The van der Waals surface area contributed by atoms with E-state index < -0.39 is 11.9 Å². The Hall–Kier alpha value is -2.19. The Morgan fingerprint density at radius 3 is 2.12 bits per heavy atom. The molecule has 24 heavy (non-hydrogen) atoms. The van der Waals surface area contributed by atoms with Crippen molar-refractivity contribution >= 4 is 29.3 Å². The molecule has 7 nitrogen and oxygen atoms in total. The fourth-order valence-corrected chi connectivity index (χ4v) is 2.36. The van der Waals surface area contributed by atoms with Gasteiger partial charge in [0.25, 0.3) is 0 Å². The summed E-state index contributed by atoms with van der Waals surface area (Å²) in [6.45, 7) is 5.18. The van der Waals surface area contributed by atoms with Gasteiger partial charge in [-0.1, -0.05) is 30.3 Å². The van der Waals surface area contributed by atoms with Gasteiger partial charge in [-0.05, 0) is 31.2 Å². The van der Waals surface area contributed by atoms with Crippen LogP contribution in [0.15, 0.2) is 30.3 Å². The number of thiocarbonyl (C=S) groups is 1. The third-order valence-electron chi connectivity index (χ3n) is 3.51. The predicted octanol–water partition coefficient (Wildman–Crippen LogP) is 0.507. The number of nitrogens with one attached hydrogen (secondary N) is 1. The number of likely N-dealkylation sites (N-methyl/N-ethyl adjacent to an activating group) is 1. The van der Waals surface area contributed by atoms with Crippen molar-refractivity contribution in [3.63, 3.8) is 0 Å². The largest absolute Gasteiger partial charge is 0.473 e. The lowest BCUT2D eigenvalue weighted by molar-refractivity contribution is -0.159. The van der Waals surface area contributed by atoms with Crippen LogP contribution >= 0.6 is 12.2 Å². The highest BCUT2D eigenvalue weighted by molar-refractivity contribution is 7.80. The van der Waals surface area contributed by atoms with Crippen LogP contribution in [0, 0.1) is 0 Å². The van der Waals surface area contributed by atoms with Crippen LogP contribution in [-0.2, 0) is 16.0 Å². The maximum Gasteiger partial charge on any atom is 0.414 e. The van der Waals surface area contributed by atoms with E-state index in [-0.39, 0.29) is 0 Å². The van der Waals surface area contributed by atoms with E-state index in [1.807, 2.05) is 6.07 Å². The number of carboxylic acid groups (broad SMARTS) is 2. The van der Waals surface area contributed by atoms with Crippen LogP contribution in [0.4, 0.5) is 0 Å². The molecule has 132 valence electrons. The van der Waals surface area contributed by atoms with Crippen molar-refractivity contribution in [2.24, 2.45) is 0 Å². The lowest BCUT2D eigenvalue weighted by Crippen LogP contribution is -2.50. The third kappa shape index (κ3) is 7.89. The molecule has 0 bridgehead atoms. The number of carbonyl (C=O) groups is 2. The average Bonchev–Trinajstić information content (AvgIpc) is 2.57. The molecule has 0 radical (unpaired) electrons.